The van der Waals surface area contributed by atoms with Crippen molar-refractivity contribution in [3.63, 3.8) is 0 Å². The molecule has 0 aliphatic carbocycles. The summed E-state index contributed by atoms with van der Waals surface area (Å²) in [5.41, 5.74) is 2.41. The Bertz CT molecular complexity index is 378. The first kappa shape index (κ1) is 7.31. The summed E-state index contributed by atoms with van der Waals surface area (Å²) in [6, 6.07) is 6.07. The van der Waals surface area contributed by atoms with Crippen LogP contribution in [0.2, 0.25) is 0 Å². The highest BCUT2D eigenvalue weighted by molar-refractivity contribution is 5.53. The fraction of sp³-hybridized carbons (Fsp3) is 0.222. The zero-order valence-electron chi connectivity index (χ0n) is 6.99. The minimum absolute atomic E-state index is 0.869. The standard InChI is InChI=1S/C9H11N3/c1-10-6-8-7-11-12-5-3-2-4-9(8)12/h2-5,7,10H,6H2,1H3. The number of pyridine rings is 1. The second kappa shape index (κ2) is 2.95. The van der Waals surface area contributed by atoms with Gasteiger partial charge in [-0.15, -0.1) is 0 Å². The third-order valence-corrected chi connectivity index (χ3v) is 1.87. The van der Waals surface area contributed by atoms with Gasteiger partial charge in [0.2, 0.25) is 0 Å². The molecule has 0 spiro atoms. The van der Waals surface area contributed by atoms with Crippen LogP contribution in [-0.4, -0.2) is 16.7 Å². The lowest BCUT2D eigenvalue weighted by molar-refractivity contribution is 0.823. The molecule has 2 rings (SSSR count). The van der Waals surface area contributed by atoms with Crippen LogP contribution in [0.4, 0.5) is 0 Å². The topological polar surface area (TPSA) is 29.3 Å². The van der Waals surface area contributed by atoms with E-state index in [4.69, 9.17) is 0 Å². The van der Waals surface area contributed by atoms with Gasteiger partial charge in [0.15, 0.2) is 0 Å². The summed E-state index contributed by atoms with van der Waals surface area (Å²) in [4.78, 5) is 0. The Morgan fingerprint density at radius 2 is 2.42 bits per heavy atom. The van der Waals surface area contributed by atoms with Crippen molar-refractivity contribution in [1.82, 2.24) is 14.9 Å². The Labute approximate surface area is 71.0 Å². The second-order valence-corrected chi connectivity index (χ2v) is 2.73. The van der Waals surface area contributed by atoms with Crippen LogP contribution < -0.4 is 5.32 Å². The highest BCUT2D eigenvalue weighted by atomic mass is 15.2. The Morgan fingerprint density at radius 3 is 3.25 bits per heavy atom. The summed E-state index contributed by atoms with van der Waals surface area (Å²) in [7, 11) is 1.94. The molecule has 1 N–H and O–H groups in total. The lowest BCUT2D eigenvalue weighted by Crippen LogP contribution is -2.04. The molecule has 0 atom stereocenters. The van der Waals surface area contributed by atoms with Crippen LogP contribution >= 0.6 is 0 Å². The lowest BCUT2D eigenvalue weighted by Gasteiger charge is -1.95. The van der Waals surface area contributed by atoms with Gasteiger partial charge in [-0.2, -0.15) is 5.10 Å². The molecule has 0 saturated carbocycles. The van der Waals surface area contributed by atoms with Gasteiger partial charge in [-0.3, -0.25) is 0 Å². The van der Waals surface area contributed by atoms with E-state index in [1.807, 2.05) is 36.1 Å². The Balaban J connectivity index is 2.55. The molecule has 0 aliphatic heterocycles. The van der Waals surface area contributed by atoms with E-state index >= 15 is 0 Å². The fourth-order valence-electron chi connectivity index (χ4n) is 1.31. The van der Waals surface area contributed by atoms with Crippen LogP contribution in [0.1, 0.15) is 5.56 Å². The zero-order chi connectivity index (χ0) is 8.39. The molecule has 0 saturated heterocycles. The van der Waals surface area contributed by atoms with E-state index in [0.29, 0.717) is 0 Å². The maximum absolute atomic E-state index is 4.21. The minimum atomic E-state index is 0.869. The van der Waals surface area contributed by atoms with Crippen LogP contribution in [0.5, 0.6) is 0 Å². The summed E-state index contributed by atoms with van der Waals surface area (Å²) in [6.45, 7) is 0.869. The van der Waals surface area contributed by atoms with E-state index in [-0.39, 0.29) is 0 Å². The predicted octanol–water partition coefficient (Wildman–Crippen LogP) is 1.05. The van der Waals surface area contributed by atoms with Gasteiger partial charge in [-0.05, 0) is 19.2 Å². The number of aromatic nitrogens is 2. The van der Waals surface area contributed by atoms with Gasteiger partial charge in [0, 0.05) is 18.3 Å². The molecule has 2 heterocycles. The second-order valence-electron chi connectivity index (χ2n) is 2.73. The molecule has 0 amide bonds. The molecule has 2 aromatic rings. The zero-order valence-corrected chi connectivity index (χ0v) is 6.99. The molecule has 0 aromatic carbocycles. The van der Waals surface area contributed by atoms with Crippen LogP contribution in [-0.2, 0) is 6.54 Å². The highest BCUT2D eigenvalue weighted by Gasteiger charge is 1.99. The maximum atomic E-state index is 4.21. The van der Waals surface area contributed by atoms with E-state index in [9.17, 15) is 0 Å². The van der Waals surface area contributed by atoms with Gasteiger partial charge < -0.3 is 5.32 Å². The van der Waals surface area contributed by atoms with Gasteiger partial charge in [0.1, 0.15) is 0 Å². The molecule has 12 heavy (non-hydrogen) atoms. The van der Waals surface area contributed by atoms with Gasteiger partial charge >= 0.3 is 0 Å². The van der Waals surface area contributed by atoms with Crippen molar-refractivity contribution in [3.8, 4) is 0 Å². The molecular weight excluding hydrogens is 150 g/mol. The number of hydrogen-bond acceptors (Lipinski definition) is 2. The fourth-order valence-corrected chi connectivity index (χ4v) is 1.31. The Hall–Kier alpha value is -1.35. The largest absolute Gasteiger partial charge is 0.316 e. The van der Waals surface area contributed by atoms with Crippen LogP contribution in [0, 0.1) is 0 Å². The average molecular weight is 161 g/mol. The maximum Gasteiger partial charge on any atom is 0.0706 e. The molecule has 0 bridgehead atoms. The molecule has 0 unspecified atom stereocenters. The van der Waals surface area contributed by atoms with Crippen molar-refractivity contribution >= 4 is 5.52 Å². The summed E-state index contributed by atoms with van der Waals surface area (Å²) < 4.78 is 1.88. The van der Waals surface area contributed by atoms with Crippen molar-refractivity contribution in [3.05, 3.63) is 36.2 Å². The first-order valence-corrected chi connectivity index (χ1v) is 3.97. The van der Waals surface area contributed by atoms with Gasteiger partial charge in [0.05, 0.1) is 11.7 Å². The molecule has 0 aliphatic rings. The molecule has 0 fully saturated rings. The molecule has 2 aromatic heterocycles. The number of nitrogens with one attached hydrogen (secondary N) is 1. The third-order valence-electron chi connectivity index (χ3n) is 1.87. The number of fused-ring (bicyclic) bond motifs is 1. The normalized spacial score (nSPS) is 10.8. The predicted molar refractivity (Wildman–Crippen MR) is 48.0 cm³/mol. The smallest absolute Gasteiger partial charge is 0.0706 e. The van der Waals surface area contributed by atoms with E-state index < -0.39 is 0 Å². The molecule has 62 valence electrons. The third kappa shape index (κ3) is 1.08. The SMILES string of the molecule is CNCc1cnn2ccccc12. The average Bonchev–Trinajstić information content (AvgIpc) is 2.50. The van der Waals surface area contributed by atoms with Gasteiger partial charge in [0.25, 0.3) is 0 Å². The molecule has 3 nitrogen and oxygen atoms in total. The van der Waals surface area contributed by atoms with E-state index in [2.05, 4.69) is 16.5 Å². The van der Waals surface area contributed by atoms with E-state index in [0.717, 1.165) is 6.54 Å². The van der Waals surface area contributed by atoms with Crippen LogP contribution in [0.3, 0.4) is 0 Å². The monoisotopic (exact) mass is 161 g/mol. The summed E-state index contributed by atoms with van der Waals surface area (Å²) in [5, 5.41) is 7.32. The first-order valence-electron chi connectivity index (χ1n) is 3.97. The molecule has 3 heteroatoms. The van der Waals surface area contributed by atoms with Gasteiger partial charge in [-0.25, -0.2) is 4.52 Å². The van der Waals surface area contributed by atoms with Crippen molar-refractivity contribution in [2.24, 2.45) is 0 Å². The van der Waals surface area contributed by atoms with Gasteiger partial charge in [-0.1, -0.05) is 6.07 Å². The number of hydrogen-bond donors (Lipinski definition) is 1. The Morgan fingerprint density at radius 1 is 1.50 bits per heavy atom. The van der Waals surface area contributed by atoms with Crippen molar-refractivity contribution < 1.29 is 0 Å². The van der Waals surface area contributed by atoms with Crippen LogP contribution in [0.15, 0.2) is 30.6 Å². The quantitative estimate of drug-likeness (QED) is 0.713. The van der Waals surface area contributed by atoms with Crippen molar-refractivity contribution in [2.75, 3.05) is 7.05 Å². The first-order chi connectivity index (χ1) is 5.92. The minimum Gasteiger partial charge on any atom is -0.316 e. The van der Waals surface area contributed by atoms with E-state index in [1.165, 1.54) is 11.1 Å². The summed E-state index contributed by atoms with van der Waals surface area (Å²) in [5.74, 6) is 0. The van der Waals surface area contributed by atoms with Crippen molar-refractivity contribution in [2.45, 2.75) is 6.54 Å². The lowest BCUT2D eigenvalue weighted by atomic mass is 10.2. The van der Waals surface area contributed by atoms with Crippen LogP contribution in [0.25, 0.3) is 5.52 Å². The van der Waals surface area contributed by atoms with E-state index in [1.54, 1.807) is 0 Å². The number of rotatable bonds is 2. The summed E-state index contributed by atoms with van der Waals surface area (Å²) >= 11 is 0. The molecular formula is C9H11N3. The van der Waals surface area contributed by atoms with Crippen molar-refractivity contribution in [1.29, 1.82) is 0 Å². The Kier molecular flexibility index (Phi) is 1.80. The highest BCUT2D eigenvalue weighted by Crippen LogP contribution is 2.08. The summed E-state index contributed by atoms with van der Waals surface area (Å²) in [6.07, 6.45) is 3.85. The number of nitrogens with zero attached hydrogens (tertiary/aromatic N) is 2. The molecule has 0 radical (unpaired) electrons.